The van der Waals surface area contributed by atoms with E-state index in [9.17, 15) is 18.8 Å². The summed E-state index contributed by atoms with van der Waals surface area (Å²) in [6.45, 7) is 0.964. The van der Waals surface area contributed by atoms with Gasteiger partial charge in [-0.1, -0.05) is 31.4 Å². The number of nitrogens with one attached hydrogen (secondary N) is 2. The summed E-state index contributed by atoms with van der Waals surface area (Å²) in [5.41, 5.74) is 0.786. The molecule has 2 atom stereocenters. The second-order valence-corrected chi connectivity index (χ2v) is 8.17. The molecule has 1 saturated carbocycles. The molecule has 2 heterocycles. The Balaban J connectivity index is 1.36. The summed E-state index contributed by atoms with van der Waals surface area (Å²) >= 11 is 0. The molecule has 0 bridgehead atoms. The van der Waals surface area contributed by atoms with Crippen molar-refractivity contribution < 1.29 is 18.8 Å². The number of hydrogen-bond acceptors (Lipinski definition) is 3. The molecular weight excluding hydrogens is 375 g/mol. The van der Waals surface area contributed by atoms with E-state index in [0.717, 1.165) is 31.2 Å². The fourth-order valence-electron chi connectivity index (χ4n) is 4.49. The van der Waals surface area contributed by atoms with Gasteiger partial charge >= 0.3 is 6.03 Å². The standard InChI is InChI=1S/C21H27FN4O3/c22-15-8-6-14(7-9-15)12-17-20(28)26-11-10-25(13-18(26)19(27)24-17)21(29)23-16-4-2-1-3-5-16/h6-9,16-18H,1-5,10-13H2,(H,23,29)(H,24,27)/t17-,18+/m0/s1. The highest BCUT2D eigenvalue weighted by Gasteiger charge is 2.44. The minimum absolute atomic E-state index is 0.147. The second kappa shape index (κ2) is 8.39. The monoisotopic (exact) mass is 402 g/mol. The van der Waals surface area contributed by atoms with Crippen LogP contribution in [0.3, 0.4) is 0 Å². The molecule has 2 saturated heterocycles. The number of fused-ring (bicyclic) bond motifs is 1. The van der Waals surface area contributed by atoms with Crippen LogP contribution in [0.15, 0.2) is 24.3 Å². The SMILES string of the molecule is O=C1N[C@@H](Cc2ccc(F)cc2)C(=O)N2CCN(C(=O)NC3CCCCC3)C[C@H]12. The Bertz CT molecular complexity index is 779. The molecule has 0 spiro atoms. The lowest BCUT2D eigenvalue weighted by atomic mass is 9.95. The number of piperazine rings is 2. The van der Waals surface area contributed by atoms with Crippen LogP contribution in [0.4, 0.5) is 9.18 Å². The third kappa shape index (κ3) is 4.36. The molecule has 2 aliphatic heterocycles. The first kappa shape index (κ1) is 19.7. The van der Waals surface area contributed by atoms with E-state index >= 15 is 0 Å². The Labute approximate surface area is 169 Å². The van der Waals surface area contributed by atoms with Crippen LogP contribution in [0.5, 0.6) is 0 Å². The fourth-order valence-corrected chi connectivity index (χ4v) is 4.49. The van der Waals surface area contributed by atoms with Crippen molar-refractivity contribution in [2.24, 2.45) is 0 Å². The topological polar surface area (TPSA) is 81.8 Å². The molecule has 1 aromatic rings. The Kier molecular flexibility index (Phi) is 5.69. The molecule has 4 amide bonds. The zero-order chi connectivity index (χ0) is 20.4. The van der Waals surface area contributed by atoms with Gasteiger partial charge in [-0.25, -0.2) is 9.18 Å². The van der Waals surface area contributed by atoms with Crippen LogP contribution in [0, 0.1) is 5.82 Å². The zero-order valence-electron chi connectivity index (χ0n) is 16.4. The van der Waals surface area contributed by atoms with Gasteiger partial charge in [0.05, 0.1) is 6.54 Å². The summed E-state index contributed by atoms with van der Waals surface area (Å²) in [6, 6.07) is 4.67. The van der Waals surface area contributed by atoms with Gasteiger partial charge in [0.1, 0.15) is 17.9 Å². The lowest BCUT2D eigenvalue weighted by Gasteiger charge is -2.45. The number of benzene rings is 1. The summed E-state index contributed by atoms with van der Waals surface area (Å²) in [5.74, 6) is -0.728. The Hall–Kier alpha value is -2.64. The number of urea groups is 1. The predicted molar refractivity (Wildman–Crippen MR) is 105 cm³/mol. The summed E-state index contributed by atoms with van der Waals surface area (Å²) in [6.07, 6.45) is 5.80. The first-order chi connectivity index (χ1) is 14.0. The molecule has 2 N–H and O–H groups in total. The molecule has 4 rings (SSSR count). The van der Waals surface area contributed by atoms with E-state index in [1.54, 1.807) is 21.9 Å². The van der Waals surface area contributed by atoms with E-state index in [-0.39, 0.29) is 36.2 Å². The van der Waals surface area contributed by atoms with Gasteiger partial charge in [0.2, 0.25) is 11.8 Å². The quantitative estimate of drug-likeness (QED) is 0.802. The van der Waals surface area contributed by atoms with Crippen molar-refractivity contribution in [2.75, 3.05) is 19.6 Å². The molecular formula is C21H27FN4O3. The smallest absolute Gasteiger partial charge is 0.317 e. The molecule has 8 heteroatoms. The number of carbonyl (C=O) groups excluding carboxylic acids is 3. The van der Waals surface area contributed by atoms with Crippen molar-refractivity contribution in [1.29, 1.82) is 0 Å². The second-order valence-electron chi connectivity index (χ2n) is 8.17. The Morgan fingerprint density at radius 3 is 2.55 bits per heavy atom. The van der Waals surface area contributed by atoms with Crippen LogP contribution in [-0.2, 0) is 16.0 Å². The summed E-state index contributed by atoms with van der Waals surface area (Å²) in [5, 5.41) is 5.86. The maximum absolute atomic E-state index is 13.1. The number of amides is 4. The van der Waals surface area contributed by atoms with Crippen LogP contribution >= 0.6 is 0 Å². The van der Waals surface area contributed by atoms with Gasteiger partial charge in [-0.05, 0) is 30.5 Å². The van der Waals surface area contributed by atoms with Crippen molar-refractivity contribution in [3.8, 4) is 0 Å². The van der Waals surface area contributed by atoms with E-state index in [2.05, 4.69) is 10.6 Å². The molecule has 0 unspecified atom stereocenters. The van der Waals surface area contributed by atoms with Gasteiger partial charge < -0.3 is 20.4 Å². The van der Waals surface area contributed by atoms with Gasteiger partial charge in [-0.3, -0.25) is 9.59 Å². The third-order valence-electron chi connectivity index (χ3n) is 6.15. The maximum Gasteiger partial charge on any atom is 0.317 e. The largest absolute Gasteiger partial charge is 0.342 e. The van der Waals surface area contributed by atoms with E-state index in [1.807, 2.05) is 0 Å². The van der Waals surface area contributed by atoms with Crippen molar-refractivity contribution in [3.63, 3.8) is 0 Å². The first-order valence-electron chi connectivity index (χ1n) is 10.4. The van der Waals surface area contributed by atoms with Gasteiger partial charge in [0, 0.05) is 25.6 Å². The lowest BCUT2D eigenvalue weighted by molar-refractivity contribution is -0.152. The summed E-state index contributed by atoms with van der Waals surface area (Å²) in [4.78, 5) is 41.4. The fraction of sp³-hybridized carbons (Fsp3) is 0.571. The van der Waals surface area contributed by atoms with E-state index < -0.39 is 12.1 Å². The highest BCUT2D eigenvalue weighted by molar-refractivity contribution is 5.97. The van der Waals surface area contributed by atoms with Gasteiger partial charge in [0.25, 0.3) is 0 Å². The molecule has 1 aliphatic carbocycles. The van der Waals surface area contributed by atoms with Crippen molar-refractivity contribution in [3.05, 3.63) is 35.6 Å². The van der Waals surface area contributed by atoms with Gasteiger partial charge in [-0.15, -0.1) is 0 Å². The third-order valence-corrected chi connectivity index (χ3v) is 6.15. The highest BCUT2D eigenvalue weighted by Crippen LogP contribution is 2.20. The van der Waals surface area contributed by atoms with Crippen molar-refractivity contribution >= 4 is 17.8 Å². The normalized spacial score (nSPS) is 25.4. The minimum Gasteiger partial charge on any atom is -0.342 e. The highest BCUT2D eigenvalue weighted by atomic mass is 19.1. The van der Waals surface area contributed by atoms with E-state index in [4.69, 9.17) is 0 Å². The molecule has 3 aliphatic rings. The molecule has 0 aromatic heterocycles. The van der Waals surface area contributed by atoms with Crippen LogP contribution in [0.2, 0.25) is 0 Å². The molecule has 29 heavy (non-hydrogen) atoms. The molecule has 7 nitrogen and oxygen atoms in total. The number of halogens is 1. The van der Waals surface area contributed by atoms with Crippen LogP contribution in [0.25, 0.3) is 0 Å². The zero-order valence-corrected chi connectivity index (χ0v) is 16.4. The van der Waals surface area contributed by atoms with Crippen LogP contribution < -0.4 is 10.6 Å². The number of rotatable bonds is 3. The van der Waals surface area contributed by atoms with Crippen LogP contribution in [0.1, 0.15) is 37.7 Å². The lowest BCUT2D eigenvalue weighted by Crippen LogP contribution is -2.70. The van der Waals surface area contributed by atoms with Crippen molar-refractivity contribution in [2.45, 2.75) is 56.7 Å². The summed E-state index contributed by atoms with van der Waals surface area (Å²) in [7, 11) is 0. The average molecular weight is 402 g/mol. The maximum atomic E-state index is 13.1. The molecule has 3 fully saturated rings. The first-order valence-corrected chi connectivity index (χ1v) is 10.4. The summed E-state index contributed by atoms with van der Waals surface area (Å²) < 4.78 is 13.1. The number of hydrogen-bond donors (Lipinski definition) is 2. The molecule has 1 aromatic carbocycles. The van der Waals surface area contributed by atoms with Gasteiger partial charge in [-0.2, -0.15) is 0 Å². The van der Waals surface area contributed by atoms with E-state index in [0.29, 0.717) is 19.5 Å². The van der Waals surface area contributed by atoms with E-state index in [1.165, 1.54) is 18.6 Å². The minimum atomic E-state index is -0.660. The van der Waals surface area contributed by atoms with Crippen molar-refractivity contribution in [1.82, 2.24) is 20.4 Å². The average Bonchev–Trinajstić information content (AvgIpc) is 2.74. The number of nitrogens with zero attached hydrogens (tertiary/aromatic N) is 2. The molecule has 0 radical (unpaired) electrons. The van der Waals surface area contributed by atoms with Gasteiger partial charge in [0.15, 0.2) is 0 Å². The predicted octanol–water partition coefficient (Wildman–Crippen LogP) is 1.42. The molecule has 156 valence electrons. The van der Waals surface area contributed by atoms with Crippen LogP contribution in [-0.4, -0.2) is 65.4 Å². The number of carbonyl (C=O) groups is 3. The Morgan fingerprint density at radius 2 is 1.83 bits per heavy atom. The Morgan fingerprint density at radius 1 is 1.10 bits per heavy atom.